The Morgan fingerprint density at radius 2 is 2.03 bits per heavy atom. The molecule has 9 heteroatoms. The van der Waals surface area contributed by atoms with Crippen LogP contribution < -0.4 is 19.7 Å². The van der Waals surface area contributed by atoms with E-state index in [-0.39, 0.29) is 36.3 Å². The summed E-state index contributed by atoms with van der Waals surface area (Å²) in [5.41, 5.74) is 1.69. The zero-order chi connectivity index (χ0) is 22.5. The quantitative estimate of drug-likeness (QED) is 0.476. The molecule has 1 amide bonds. The summed E-state index contributed by atoms with van der Waals surface area (Å²) in [6.07, 6.45) is 0. The van der Waals surface area contributed by atoms with Gasteiger partial charge in [-0.3, -0.25) is 9.69 Å². The monoisotopic (exact) mass is 500 g/mol. The Morgan fingerprint density at radius 1 is 1.28 bits per heavy atom. The van der Waals surface area contributed by atoms with Gasteiger partial charge in [0.15, 0.2) is 0 Å². The van der Waals surface area contributed by atoms with Gasteiger partial charge < -0.3 is 19.9 Å². The van der Waals surface area contributed by atoms with E-state index in [1.54, 1.807) is 36.8 Å². The third-order valence-electron chi connectivity index (χ3n) is 5.24. The van der Waals surface area contributed by atoms with Crippen LogP contribution in [0.1, 0.15) is 31.7 Å². The van der Waals surface area contributed by atoms with Crippen molar-refractivity contribution >= 4 is 47.4 Å². The zero-order valence-electron chi connectivity index (χ0n) is 18.6. The molecule has 0 spiro atoms. The Morgan fingerprint density at radius 3 is 2.66 bits per heavy atom. The minimum absolute atomic E-state index is 0. The number of nitrogens with zero attached hydrogens (tertiary/aromatic N) is 1. The highest BCUT2D eigenvalue weighted by Gasteiger charge is 2.36. The average molecular weight is 501 g/mol. The van der Waals surface area contributed by atoms with Crippen LogP contribution in [-0.4, -0.2) is 43.9 Å². The largest absolute Gasteiger partial charge is 0.497 e. The van der Waals surface area contributed by atoms with Crippen molar-refractivity contribution in [1.29, 1.82) is 0 Å². The number of fused-ring (bicyclic) bond motifs is 1. The topological polar surface area (TPSA) is 71.0 Å². The summed E-state index contributed by atoms with van der Waals surface area (Å²) in [6.45, 7) is 6.79. The van der Waals surface area contributed by atoms with Crippen LogP contribution in [-0.2, 0) is 4.79 Å². The number of aliphatic hydroxyl groups excluding tert-OH is 1. The molecule has 176 valence electrons. The number of carbonyl (C=O) groups excluding carboxylic acids is 1. The van der Waals surface area contributed by atoms with Crippen LogP contribution in [0, 0.1) is 5.92 Å². The first kappa shape index (κ1) is 26.6. The molecule has 2 aromatic rings. The highest BCUT2D eigenvalue weighted by molar-refractivity contribution is 8.00. The van der Waals surface area contributed by atoms with Gasteiger partial charge in [-0.25, -0.2) is 0 Å². The SMILES string of the molecule is COc1ccc(OCCN[C@H](CO)C(C)C)c(C2Sc3cc(Cl)ccc3N2C(C)=O)c1.Cl. The molecular formula is C23H30Cl2N2O4S. The van der Waals surface area contributed by atoms with E-state index in [1.165, 1.54) is 0 Å². The molecule has 0 saturated carbocycles. The maximum Gasteiger partial charge on any atom is 0.225 e. The molecule has 2 atom stereocenters. The van der Waals surface area contributed by atoms with Crippen molar-refractivity contribution in [2.75, 3.05) is 31.8 Å². The standard InChI is InChI=1S/C23H29ClN2O4S.ClH/c1-14(2)19(13-27)25-9-10-30-21-8-6-17(29-4)12-18(21)23-26(15(3)28)20-7-5-16(24)11-22(20)31-23;/h5-8,11-12,14,19,23,25,27H,9-10,13H2,1-4H3;1H/t19-,23?;/m1./s1. The highest BCUT2D eigenvalue weighted by Crippen LogP contribution is 2.54. The molecule has 0 fully saturated rings. The Hall–Kier alpha value is -1.64. The molecule has 0 saturated heterocycles. The predicted octanol–water partition coefficient (Wildman–Crippen LogP) is 4.91. The van der Waals surface area contributed by atoms with Gasteiger partial charge in [0.05, 0.1) is 19.4 Å². The van der Waals surface area contributed by atoms with E-state index in [0.717, 1.165) is 16.1 Å². The molecule has 0 aromatic heterocycles. The first-order valence-electron chi connectivity index (χ1n) is 10.3. The molecule has 1 unspecified atom stereocenters. The van der Waals surface area contributed by atoms with E-state index >= 15 is 0 Å². The van der Waals surface area contributed by atoms with Crippen molar-refractivity contribution in [3.05, 3.63) is 47.0 Å². The fourth-order valence-electron chi connectivity index (χ4n) is 3.51. The van der Waals surface area contributed by atoms with E-state index in [4.69, 9.17) is 21.1 Å². The van der Waals surface area contributed by atoms with Gasteiger partial charge in [-0.1, -0.05) is 37.2 Å². The Balaban J connectivity index is 0.00000363. The normalized spacial score (nSPS) is 15.8. The number of carbonyl (C=O) groups is 1. The molecule has 1 aliphatic heterocycles. The summed E-state index contributed by atoms with van der Waals surface area (Å²) in [5, 5.41) is 13.1. The molecular weight excluding hydrogens is 471 g/mol. The molecule has 3 rings (SSSR count). The first-order chi connectivity index (χ1) is 14.8. The van der Waals surface area contributed by atoms with E-state index in [0.29, 0.717) is 35.6 Å². The maximum atomic E-state index is 12.5. The summed E-state index contributed by atoms with van der Waals surface area (Å²) < 4.78 is 11.5. The number of ether oxygens (including phenoxy) is 2. The second-order valence-corrected chi connectivity index (χ2v) is 9.27. The number of hydrogen-bond donors (Lipinski definition) is 2. The van der Waals surface area contributed by atoms with Crippen molar-refractivity contribution in [3.63, 3.8) is 0 Å². The lowest BCUT2D eigenvalue weighted by atomic mass is 10.1. The number of methoxy groups -OCH3 is 1. The third kappa shape index (κ3) is 6.02. The molecule has 2 N–H and O–H groups in total. The number of anilines is 1. The number of thioether (sulfide) groups is 1. The average Bonchev–Trinajstić information content (AvgIpc) is 3.12. The van der Waals surface area contributed by atoms with Crippen molar-refractivity contribution in [2.24, 2.45) is 5.92 Å². The summed E-state index contributed by atoms with van der Waals surface area (Å²) in [7, 11) is 1.61. The Bertz CT molecular complexity index is 929. The summed E-state index contributed by atoms with van der Waals surface area (Å²) >= 11 is 7.74. The fourth-order valence-corrected chi connectivity index (χ4v) is 5.15. The summed E-state index contributed by atoms with van der Waals surface area (Å²) in [4.78, 5) is 15.3. The van der Waals surface area contributed by atoms with Crippen LogP contribution in [0.15, 0.2) is 41.3 Å². The predicted molar refractivity (Wildman–Crippen MR) is 133 cm³/mol. The molecule has 0 aliphatic carbocycles. The number of amides is 1. The van der Waals surface area contributed by atoms with Gasteiger partial charge in [-0.15, -0.1) is 12.4 Å². The molecule has 2 aromatic carbocycles. The number of aliphatic hydroxyl groups is 1. The third-order valence-corrected chi connectivity index (χ3v) is 6.75. The highest BCUT2D eigenvalue weighted by atomic mass is 35.5. The van der Waals surface area contributed by atoms with Crippen LogP contribution in [0.2, 0.25) is 5.02 Å². The second kappa shape index (κ2) is 12.0. The molecule has 1 heterocycles. The minimum Gasteiger partial charge on any atom is -0.497 e. The van der Waals surface area contributed by atoms with Crippen molar-refractivity contribution in [2.45, 2.75) is 37.1 Å². The number of halogens is 2. The van der Waals surface area contributed by atoms with Crippen LogP contribution in [0.4, 0.5) is 5.69 Å². The number of hydrogen-bond acceptors (Lipinski definition) is 6. The molecule has 32 heavy (non-hydrogen) atoms. The Labute approximate surface area is 205 Å². The van der Waals surface area contributed by atoms with Crippen LogP contribution in [0.5, 0.6) is 11.5 Å². The van der Waals surface area contributed by atoms with Crippen LogP contribution in [0.3, 0.4) is 0 Å². The van der Waals surface area contributed by atoms with Gasteiger partial charge in [0.2, 0.25) is 5.91 Å². The van der Waals surface area contributed by atoms with Gasteiger partial charge in [0.25, 0.3) is 0 Å². The van der Waals surface area contributed by atoms with Crippen LogP contribution in [0.25, 0.3) is 0 Å². The van der Waals surface area contributed by atoms with Crippen molar-refractivity contribution in [1.82, 2.24) is 5.32 Å². The second-order valence-electron chi connectivity index (χ2n) is 7.71. The molecule has 6 nitrogen and oxygen atoms in total. The maximum absolute atomic E-state index is 12.5. The van der Waals surface area contributed by atoms with Gasteiger partial charge in [-0.2, -0.15) is 0 Å². The number of nitrogens with one attached hydrogen (secondary N) is 1. The van der Waals surface area contributed by atoms with Gasteiger partial charge >= 0.3 is 0 Å². The van der Waals surface area contributed by atoms with Gasteiger partial charge in [-0.05, 0) is 42.3 Å². The first-order valence-corrected chi connectivity index (χ1v) is 11.5. The van der Waals surface area contributed by atoms with Gasteiger partial charge in [0.1, 0.15) is 23.5 Å². The van der Waals surface area contributed by atoms with E-state index in [2.05, 4.69) is 19.2 Å². The minimum atomic E-state index is -0.287. The summed E-state index contributed by atoms with van der Waals surface area (Å²) in [6, 6.07) is 11.2. The summed E-state index contributed by atoms with van der Waals surface area (Å²) in [5.74, 6) is 1.65. The lowest BCUT2D eigenvalue weighted by Crippen LogP contribution is -2.39. The van der Waals surface area contributed by atoms with E-state index < -0.39 is 0 Å². The van der Waals surface area contributed by atoms with E-state index in [1.807, 2.05) is 30.3 Å². The van der Waals surface area contributed by atoms with Crippen molar-refractivity contribution < 1.29 is 19.4 Å². The zero-order valence-corrected chi connectivity index (χ0v) is 21.0. The number of rotatable bonds is 9. The molecule has 0 bridgehead atoms. The lowest BCUT2D eigenvalue weighted by Gasteiger charge is -2.26. The smallest absolute Gasteiger partial charge is 0.225 e. The van der Waals surface area contributed by atoms with E-state index in [9.17, 15) is 9.90 Å². The van der Waals surface area contributed by atoms with Crippen LogP contribution >= 0.6 is 35.8 Å². The lowest BCUT2D eigenvalue weighted by molar-refractivity contribution is -0.116. The Kier molecular flexibility index (Phi) is 9.98. The fraction of sp³-hybridized carbons (Fsp3) is 0.435. The molecule has 1 aliphatic rings. The van der Waals surface area contributed by atoms with Crippen molar-refractivity contribution in [3.8, 4) is 11.5 Å². The number of benzene rings is 2. The molecule has 0 radical (unpaired) electrons. The van der Waals surface area contributed by atoms with Gasteiger partial charge in [0, 0.05) is 35.0 Å².